The summed E-state index contributed by atoms with van der Waals surface area (Å²) in [6.45, 7) is 0. The molecule has 1 saturated carbocycles. The molecule has 0 radical (unpaired) electrons. The molecule has 8 heteroatoms. The van der Waals surface area contributed by atoms with Crippen LogP contribution in [0.2, 0.25) is 0 Å². The molecule has 0 heterocycles. The van der Waals surface area contributed by atoms with Crippen LogP contribution in [0, 0.1) is 67.5 Å². The van der Waals surface area contributed by atoms with Crippen molar-refractivity contribution in [2.24, 2.45) is 16.6 Å². The van der Waals surface area contributed by atoms with Crippen molar-refractivity contribution in [1.82, 2.24) is 0 Å². The van der Waals surface area contributed by atoms with E-state index in [-0.39, 0.29) is 5.70 Å². The molecule has 2 N–H and O–H groups in total. The molecular formula is C18H12N6O2. The third kappa shape index (κ3) is 2.03. The van der Waals surface area contributed by atoms with Crippen LogP contribution in [0.5, 0.6) is 11.5 Å². The first-order chi connectivity index (χ1) is 12.5. The third-order valence-corrected chi connectivity index (χ3v) is 4.59. The molecular weight excluding hydrogens is 332 g/mol. The Balaban J connectivity index is 2.78. The smallest absolute Gasteiger partial charge is 0.177 e. The van der Waals surface area contributed by atoms with Gasteiger partial charge in [-0.05, 0) is 17.7 Å². The zero-order chi connectivity index (χ0) is 19.5. The molecule has 126 valence electrons. The van der Waals surface area contributed by atoms with Crippen molar-refractivity contribution in [1.29, 1.82) is 26.3 Å². The largest absolute Gasteiger partial charge is 0.493 e. The summed E-state index contributed by atoms with van der Waals surface area (Å²) in [5.41, 5.74) is 1.85. The van der Waals surface area contributed by atoms with Crippen molar-refractivity contribution >= 4 is 0 Å². The second-order valence-corrected chi connectivity index (χ2v) is 5.51. The highest BCUT2D eigenvalue weighted by molar-refractivity contribution is 5.64. The van der Waals surface area contributed by atoms with Crippen molar-refractivity contribution in [3.05, 3.63) is 35.0 Å². The molecule has 0 amide bonds. The van der Waals surface area contributed by atoms with E-state index in [1.165, 1.54) is 20.3 Å². The van der Waals surface area contributed by atoms with Crippen molar-refractivity contribution in [3.63, 3.8) is 0 Å². The second kappa shape index (κ2) is 6.37. The van der Waals surface area contributed by atoms with Crippen LogP contribution in [0.1, 0.15) is 11.5 Å². The standard InChI is InChI=1S/C18H12N6O2/c1-25-13-4-3-11(5-14(13)26-2)15-17(8-21,9-22)18(15,10-23)16(24)12(6-19)7-20/h3-5,15H,24H2,1-2H3/t15-,18-/m0/s1. The van der Waals surface area contributed by atoms with Crippen LogP contribution in [0.15, 0.2) is 29.5 Å². The molecule has 2 rings (SSSR count). The highest BCUT2D eigenvalue weighted by Crippen LogP contribution is 2.76. The van der Waals surface area contributed by atoms with Crippen molar-refractivity contribution in [3.8, 4) is 41.8 Å². The SMILES string of the molecule is COc1ccc([C@H]2C(C#N)(C#N)[C@]2(C#N)C(N)=C(C#N)C#N)cc1OC. The van der Waals surface area contributed by atoms with Gasteiger partial charge in [0.1, 0.15) is 23.1 Å². The highest BCUT2D eigenvalue weighted by atomic mass is 16.5. The van der Waals surface area contributed by atoms with Gasteiger partial charge in [0, 0.05) is 5.92 Å². The maximum Gasteiger partial charge on any atom is 0.177 e. The Kier molecular flexibility index (Phi) is 4.45. The Bertz CT molecular complexity index is 979. The van der Waals surface area contributed by atoms with Crippen molar-refractivity contribution in [2.45, 2.75) is 5.92 Å². The summed E-state index contributed by atoms with van der Waals surface area (Å²) >= 11 is 0. The molecule has 0 saturated heterocycles. The number of ether oxygens (including phenoxy) is 2. The summed E-state index contributed by atoms with van der Waals surface area (Å²) in [7, 11) is 2.88. The quantitative estimate of drug-likeness (QED) is 0.804. The highest BCUT2D eigenvalue weighted by Gasteiger charge is 2.82. The van der Waals surface area contributed by atoms with E-state index in [2.05, 4.69) is 0 Å². The average molecular weight is 344 g/mol. The van der Waals surface area contributed by atoms with E-state index in [9.17, 15) is 15.8 Å². The van der Waals surface area contributed by atoms with Gasteiger partial charge < -0.3 is 15.2 Å². The van der Waals surface area contributed by atoms with E-state index in [0.717, 1.165) is 0 Å². The van der Waals surface area contributed by atoms with Gasteiger partial charge in [-0.3, -0.25) is 0 Å². The Morgan fingerprint density at radius 1 is 0.962 bits per heavy atom. The minimum Gasteiger partial charge on any atom is -0.493 e. The molecule has 0 bridgehead atoms. The molecule has 1 aliphatic carbocycles. The molecule has 0 aliphatic heterocycles. The second-order valence-electron chi connectivity index (χ2n) is 5.51. The summed E-state index contributed by atoms with van der Waals surface area (Å²) in [6, 6.07) is 13.5. The predicted octanol–water partition coefficient (Wildman–Crippen LogP) is 1.60. The monoisotopic (exact) mass is 344 g/mol. The van der Waals surface area contributed by atoms with Crippen LogP contribution < -0.4 is 15.2 Å². The molecule has 1 aromatic carbocycles. The minimum absolute atomic E-state index is 0.344. The summed E-state index contributed by atoms with van der Waals surface area (Å²) in [4.78, 5) is 0. The number of nitriles is 5. The lowest BCUT2D eigenvalue weighted by atomic mass is 9.90. The minimum atomic E-state index is -1.83. The van der Waals surface area contributed by atoms with Gasteiger partial charge in [-0.15, -0.1) is 0 Å². The molecule has 26 heavy (non-hydrogen) atoms. The van der Waals surface area contributed by atoms with Crippen LogP contribution >= 0.6 is 0 Å². The van der Waals surface area contributed by atoms with Crippen molar-refractivity contribution < 1.29 is 9.47 Å². The lowest BCUT2D eigenvalue weighted by Gasteiger charge is -2.11. The number of hydrogen-bond donors (Lipinski definition) is 1. The molecule has 2 atom stereocenters. The van der Waals surface area contributed by atoms with Crippen LogP contribution in [0.4, 0.5) is 0 Å². The number of nitrogens with zero attached hydrogens (tertiary/aromatic N) is 5. The fraction of sp³-hybridized carbons (Fsp3) is 0.278. The molecule has 0 unspecified atom stereocenters. The normalized spacial score (nSPS) is 21.5. The molecule has 0 spiro atoms. The van der Waals surface area contributed by atoms with E-state index in [1.54, 1.807) is 24.3 Å². The Morgan fingerprint density at radius 3 is 1.96 bits per heavy atom. The average Bonchev–Trinajstić information content (AvgIpc) is 3.31. The van der Waals surface area contributed by atoms with Crippen molar-refractivity contribution in [2.75, 3.05) is 14.2 Å². The molecule has 0 aromatic heterocycles. The van der Waals surface area contributed by atoms with E-state index < -0.39 is 22.3 Å². The van der Waals surface area contributed by atoms with Crippen LogP contribution in [-0.2, 0) is 0 Å². The summed E-state index contributed by atoms with van der Waals surface area (Å²) < 4.78 is 10.4. The fourth-order valence-electron chi connectivity index (χ4n) is 3.26. The van der Waals surface area contributed by atoms with Gasteiger partial charge in [0.05, 0.1) is 38.1 Å². The van der Waals surface area contributed by atoms with Gasteiger partial charge in [-0.2, -0.15) is 26.3 Å². The van der Waals surface area contributed by atoms with Crippen LogP contribution in [-0.4, -0.2) is 14.2 Å². The first-order valence-electron chi connectivity index (χ1n) is 7.24. The van der Waals surface area contributed by atoms with E-state index in [0.29, 0.717) is 17.1 Å². The first kappa shape index (κ1) is 18.2. The number of allylic oxidation sites excluding steroid dienone is 2. The number of benzene rings is 1. The van der Waals surface area contributed by atoms with Crippen LogP contribution in [0.25, 0.3) is 0 Å². The third-order valence-electron chi connectivity index (χ3n) is 4.59. The number of rotatable bonds is 4. The fourth-order valence-corrected chi connectivity index (χ4v) is 3.26. The zero-order valence-corrected chi connectivity index (χ0v) is 13.9. The maximum absolute atomic E-state index is 9.78. The van der Waals surface area contributed by atoms with E-state index in [1.807, 2.05) is 18.2 Å². The molecule has 1 fully saturated rings. The molecule has 8 nitrogen and oxygen atoms in total. The zero-order valence-electron chi connectivity index (χ0n) is 13.9. The lowest BCUT2D eigenvalue weighted by Crippen LogP contribution is -2.20. The summed E-state index contributed by atoms with van der Waals surface area (Å²) in [5.74, 6) is -0.180. The summed E-state index contributed by atoms with van der Waals surface area (Å²) in [6.07, 6.45) is 0. The van der Waals surface area contributed by atoms with Gasteiger partial charge >= 0.3 is 0 Å². The van der Waals surface area contributed by atoms with Gasteiger partial charge in [-0.1, -0.05) is 6.07 Å². The number of methoxy groups -OCH3 is 2. The topological polar surface area (TPSA) is 163 Å². The van der Waals surface area contributed by atoms with E-state index in [4.69, 9.17) is 25.7 Å². The van der Waals surface area contributed by atoms with Gasteiger partial charge in [0.25, 0.3) is 0 Å². The maximum atomic E-state index is 9.78. The Labute approximate surface area is 150 Å². The molecule has 1 aromatic rings. The number of hydrogen-bond acceptors (Lipinski definition) is 8. The molecule has 1 aliphatic rings. The predicted molar refractivity (Wildman–Crippen MR) is 86.4 cm³/mol. The van der Waals surface area contributed by atoms with E-state index >= 15 is 0 Å². The van der Waals surface area contributed by atoms with Crippen LogP contribution in [0.3, 0.4) is 0 Å². The lowest BCUT2D eigenvalue weighted by molar-refractivity contribution is 0.354. The Hall–Kier alpha value is -4.19. The van der Waals surface area contributed by atoms with Gasteiger partial charge in [0.2, 0.25) is 0 Å². The number of nitrogens with two attached hydrogens (primary N) is 1. The van der Waals surface area contributed by atoms with Gasteiger partial charge in [-0.25, -0.2) is 0 Å². The summed E-state index contributed by atoms with van der Waals surface area (Å²) in [5, 5.41) is 47.2. The Morgan fingerprint density at radius 2 is 1.54 bits per heavy atom. The first-order valence-corrected chi connectivity index (χ1v) is 7.24. The van der Waals surface area contributed by atoms with Gasteiger partial charge in [0.15, 0.2) is 16.9 Å².